The molecule has 0 spiro atoms. The first-order chi connectivity index (χ1) is 15.2. The topological polar surface area (TPSA) is 86.8 Å². The minimum Gasteiger partial charge on any atom is -0.330 e. The zero-order valence-electron chi connectivity index (χ0n) is 18.9. The average molecular weight is 460 g/mol. The summed E-state index contributed by atoms with van der Waals surface area (Å²) in [5, 5.41) is 2.88. The molecule has 1 saturated heterocycles. The number of rotatable bonds is 5. The highest BCUT2D eigenvalue weighted by molar-refractivity contribution is 7.89. The Morgan fingerprint density at radius 2 is 1.69 bits per heavy atom. The Morgan fingerprint density at radius 3 is 2.28 bits per heavy atom. The van der Waals surface area contributed by atoms with Crippen molar-refractivity contribution in [2.24, 2.45) is 23.2 Å². The number of benzene rings is 1. The zero-order valence-corrected chi connectivity index (χ0v) is 19.7. The molecule has 1 aliphatic heterocycles. The first-order valence-electron chi connectivity index (χ1n) is 11.8. The fourth-order valence-corrected chi connectivity index (χ4v) is 8.08. The van der Waals surface area contributed by atoms with E-state index in [-0.39, 0.29) is 22.1 Å². The van der Waals surface area contributed by atoms with E-state index in [4.69, 9.17) is 0 Å². The van der Waals surface area contributed by atoms with E-state index in [0.29, 0.717) is 36.4 Å². The van der Waals surface area contributed by atoms with Gasteiger partial charge in [-0.3, -0.25) is 9.59 Å². The van der Waals surface area contributed by atoms with Crippen LogP contribution in [0.25, 0.3) is 0 Å². The summed E-state index contributed by atoms with van der Waals surface area (Å²) < 4.78 is 26.0. The maximum atomic E-state index is 13.8. The van der Waals surface area contributed by atoms with Crippen LogP contribution in [0.1, 0.15) is 51.4 Å². The summed E-state index contributed by atoms with van der Waals surface area (Å²) in [5.74, 6) is 2.02. The van der Waals surface area contributed by atoms with Crippen molar-refractivity contribution in [1.29, 1.82) is 0 Å². The van der Waals surface area contributed by atoms with E-state index in [1.54, 1.807) is 12.1 Å². The van der Waals surface area contributed by atoms with Gasteiger partial charge in [-0.15, -0.1) is 0 Å². The fourth-order valence-electron chi connectivity index (χ4n) is 7.13. The highest BCUT2D eigenvalue weighted by Gasteiger charge is 2.56. The highest BCUT2D eigenvalue weighted by atomic mass is 32.2. The molecular formula is C24H33N3O4S. The number of carbonyl (C=O) groups is 2. The largest absolute Gasteiger partial charge is 0.330 e. The lowest BCUT2D eigenvalue weighted by molar-refractivity contribution is -0.160. The van der Waals surface area contributed by atoms with Crippen LogP contribution in [-0.2, 0) is 19.6 Å². The fraction of sp³-hybridized carbons (Fsp3) is 0.667. The molecule has 8 heteroatoms. The number of hydrogen-bond acceptors (Lipinski definition) is 4. The monoisotopic (exact) mass is 459 g/mol. The predicted molar refractivity (Wildman–Crippen MR) is 121 cm³/mol. The van der Waals surface area contributed by atoms with Crippen molar-refractivity contribution in [1.82, 2.24) is 9.21 Å². The maximum Gasteiger partial charge on any atom is 0.247 e. The molecule has 6 rings (SSSR count). The molecule has 1 aromatic carbocycles. The van der Waals surface area contributed by atoms with Crippen molar-refractivity contribution in [3.8, 4) is 0 Å². The normalized spacial score (nSPS) is 33.7. The number of nitrogens with one attached hydrogen (secondary N) is 1. The minimum atomic E-state index is -3.59. The zero-order chi connectivity index (χ0) is 22.7. The quantitative estimate of drug-likeness (QED) is 0.733. The predicted octanol–water partition coefficient (Wildman–Crippen LogP) is 3.08. The summed E-state index contributed by atoms with van der Waals surface area (Å²) in [6.07, 6.45) is 8.30. The summed E-state index contributed by atoms with van der Waals surface area (Å²) in [6.45, 7) is 0.633. The third-order valence-corrected chi connectivity index (χ3v) is 10.00. The summed E-state index contributed by atoms with van der Waals surface area (Å²) in [6, 6.07) is 5.83. The van der Waals surface area contributed by atoms with Gasteiger partial charge in [-0.25, -0.2) is 12.7 Å². The van der Waals surface area contributed by atoms with Gasteiger partial charge in [0.15, 0.2) is 0 Å². The molecule has 1 heterocycles. The summed E-state index contributed by atoms with van der Waals surface area (Å²) in [7, 11) is -0.628. The number of amides is 2. The van der Waals surface area contributed by atoms with Crippen molar-refractivity contribution < 1.29 is 18.0 Å². The van der Waals surface area contributed by atoms with E-state index in [9.17, 15) is 18.0 Å². The number of nitrogens with zero attached hydrogens (tertiary/aromatic N) is 2. The van der Waals surface area contributed by atoms with E-state index >= 15 is 0 Å². The molecular weight excluding hydrogens is 426 g/mol. The van der Waals surface area contributed by atoms with E-state index in [2.05, 4.69) is 5.32 Å². The van der Waals surface area contributed by atoms with Crippen molar-refractivity contribution in [2.45, 2.75) is 62.3 Å². The number of likely N-dealkylation sites (tertiary alicyclic amines) is 1. The molecule has 0 radical (unpaired) electrons. The van der Waals surface area contributed by atoms with Crippen LogP contribution in [0.4, 0.5) is 5.69 Å². The van der Waals surface area contributed by atoms with Crippen LogP contribution in [-0.4, -0.2) is 56.1 Å². The second-order valence-corrected chi connectivity index (χ2v) is 12.8. The Morgan fingerprint density at radius 1 is 1.06 bits per heavy atom. The van der Waals surface area contributed by atoms with Crippen LogP contribution in [0, 0.1) is 23.2 Å². The maximum absolute atomic E-state index is 13.8. The van der Waals surface area contributed by atoms with Crippen molar-refractivity contribution in [3.63, 3.8) is 0 Å². The lowest BCUT2D eigenvalue weighted by atomic mass is 9.49. The average Bonchev–Trinajstić information content (AvgIpc) is 3.22. The molecule has 4 bridgehead atoms. The second-order valence-electron chi connectivity index (χ2n) is 10.7. The molecule has 5 aliphatic rings. The van der Waals surface area contributed by atoms with Crippen LogP contribution in [0.5, 0.6) is 0 Å². The first-order valence-corrected chi connectivity index (χ1v) is 13.3. The smallest absolute Gasteiger partial charge is 0.247 e. The summed E-state index contributed by atoms with van der Waals surface area (Å²) in [4.78, 5) is 28.9. The van der Waals surface area contributed by atoms with Gasteiger partial charge in [0.25, 0.3) is 0 Å². The van der Waals surface area contributed by atoms with Gasteiger partial charge < -0.3 is 10.2 Å². The van der Waals surface area contributed by atoms with Crippen LogP contribution in [0.15, 0.2) is 29.2 Å². The number of sulfonamides is 1. The van der Waals surface area contributed by atoms with Gasteiger partial charge in [-0.1, -0.05) is 6.07 Å². The Labute approximate surface area is 190 Å². The molecule has 174 valence electrons. The van der Waals surface area contributed by atoms with Gasteiger partial charge in [0.1, 0.15) is 6.04 Å². The van der Waals surface area contributed by atoms with E-state index in [1.165, 1.54) is 45.5 Å². The molecule has 5 fully saturated rings. The lowest BCUT2D eigenvalue weighted by Gasteiger charge is -2.56. The molecule has 2 amide bonds. The standard InChI is InChI=1S/C24H33N3O4S/c1-26(2)32(30,31)20-6-3-5-19(12-20)25-22(28)21-7-4-8-27(21)23(29)24-13-16-9-17(14-24)11-18(10-16)15-24/h3,5-6,12,16-18,21H,4,7-11,13-15H2,1-2H3,(H,25,28)/t16?,17?,18?,21-,24?/m1/s1. The SMILES string of the molecule is CN(C)S(=O)(=O)c1cccc(NC(=O)[C@H]2CCCN2C(=O)C23CC4CC(CC(C4)C2)C3)c1. The van der Waals surface area contributed by atoms with E-state index < -0.39 is 16.1 Å². The molecule has 4 saturated carbocycles. The molecule has 1 atom stereocenters. The second kappa shape index (κ2) is 7.83. The van der Waals surface area contributed by atoms with Gasteiger partial charge in [0, 0.05) is 26.3 Å². The molecule has 7 nitrogen and oxygen atoms in total. The van der Waals surface area contributed by atoms with Gasteiger partial charge in [-0.2, -0.15) is 0 Å². The van der Waals surface area contributed by atoms with Crippen LogP contribution < -0.4 is 5.32 Å². The third-order valence-electron chi connectivity index (χ3n) is 8.19. The van der Waals surface area contributed by atoms with Gasteiger partial charge >= 0.3 is 0 Å². The Balaban J connectivity index is 1.32. The van der Waals surface area contributed by atoms with Crippen molar-refractivity contribution in [3.05, 3.63) is 24.3 Å². The lowest BCUT2D eigenvalue weighted by Crippen LogP contribution is -2.56. The number of hydrogen-bond donors (Lipinski definition) is 1. The van der Waals surface area contributed by atoms with Crippen molar-refractivity contribution in [2.75, 3.05) is 26.0 Å². The molecule has 32 heavy (non-hydrogen) atoms. The molecule has 0 aromatic heterocycles. The molecule has 0 unspecified atom stereocenters. The Bertz CT molecular complexity index is 1000. The molecule has 1 N–H and O–H groups in total. The molecule has 4 aliphatic carbocycles. The minimum absolute atomic E-state index is 0.133. The Hall–Kier alpha value is -1.93. The number of anilines is 1. The van der Waals surface area contributed by atoms with Crippen LogP contribution in [0.2, 0.25) is 0 Å². The summed E-state index contributed by atoms with van der Waals surface area (Å²) >= 11 is 0. The van der Waals surface area contributed by atoms with E-state index in [1.807, 2.05) is 4.90 Å². The summed E-state index contributed by atoms with van der Waals surface area (Å²) in [5.41, 5.74) is 0.184. The van der Waals surface area contributed by atoms with Gasteiger partial charge in [0.05, 0.1) is 10.3 Å². The Kier molecular flexibility index (Phi) is 5.36. The third kappa shape index (κ3) is 3.65. The number of carbonyl (C=O) groups excluding carboxylic acids is 2. The van der Waals surface area contributed by atoms with Gasteiger partial charge in [0.2, 0.25) is 21.8 Å². The highest BCUT2D eigenvalue weighted by Crippen LogP contribution is 2.60. The molecule has 1 aromatic rings. The van der Waals surface area contributed by atoms with Crippen molar-refractivity contribution >= 4 is 27.5 Å². The van der Waals surface area contributed by atoms with Crippen LogP contribution in [0.3, 0.4) is 0 Å². The first kappa shape index (κ1) is 21.9. The van der Waals surface area contributed by atoms with E-state index in [0.717, 1.165) is 30.0 Å². The van der Waals surface area contributed by atoms with Crippen LogP contribution >= 0.6 is 0 Å². The van der Waals surface area contributed by atoms with Gasteiger partial charge in [-0.05, 0) is 87.3 Å².